The number of nitrogens with zero attached hydrogens (tertiary/aromatic N) is 1. The molecule has 1 aromatic heterocycles. The van der Waals surface area contributed by atoms with E-state index in [4.69, 9.17) is 4.74 Å². The normalized spacial score (nSPS) is 10.4. The van der Waals surface area contributed by atoms with E-state index in [2.05, 4.69) is 22.4 Å². The van der Waals surface area contributed by atoms with Gasteiger partial charge in [0.1, 0.15) is 11.6 Å². The third-order valence-electron chi connectivity index (χ3n) is 2.94. The van der Waals surface area contributed by atoms with Gasteiger partial charge in [-0.05, 0) is 30.3 Å². The van der Waals surface area contributed by atoms with Gasteiger partial charge in [0.25, 0.3) is 0 Å². The number of nitrogens with one attached hydrogen (secondary N) is 1. The molecule has 3 nitrogen and oxygen atoms in total. The molecule has 0 atom stereocenters. The van der Waals surface area contributed by atoms with Crippen molar-refractivity contribution in [1.82, 2.24) is 4.98 Å². The number of methoxy groups -OCH3 is 1. The minimum absolute atomic E-state index is 0.825. The van der Waals surface area contributed by atoms with Crippen LogP contribution in [0.3, 0.4) is 0 Å². The van der Waals surface area contributed by atoms with Crippen molar-refractivity contribution in [2.45, 2.75) is 0 Å². The number of rotatable bonds is 3. The van der Waals surface area contributed by atoms with E-state index in [1.165, 1.54) is 0 Å². The lowest BCUT2D eigenvalue weighted by molar-refractivity contribution is 0.415. The number of anilines is 2. The SMILES string of the molecule is COc1cccc(Nc2ccc3ccccc3n2)c1. The number of aromatic nitrogens is 1. The highest BCUT2D eigenvalue weighted by Crippen LogP contribution is 2.21. The highest BCUT2D eigenvalue weighted by molar-refractivity contribution is 5.80. The summed E-state index contributed by atoms with van der Waals surface area (Å²) in [6.45, 7) is 0. The number of para-hydroxylation sites is 1. The van der Waals surface area contributed by atoms with Crippen molar-refractivity contribution in [1.29, 1.82) is 0 Å². The number of benzene rings is 2. The maximum Gasteiger partial charge on any atom is 0.131 e. The summed E-state index contributed by atoms with van der Waals surface area (Å²) in [6, 6.07) is 19.9. The molecule has 0 radical (unpaired) electrons. The van der Waals surface area contributed by atoms with Gasteiger partial charge in [-0.1, -0.05) is 24.3 Å². The lowest BCUT2D eigenvalue weighted by Crippen LogP contribution is -1.94. The zero-order valence-corrected chi connectivity index (χ0v) is 10.6. The Morgan fingerprint density at radius 3 is 2.74 bits per heavy atom. The van der Waals surface area contributed by atoms with Gasteiger partial charge in [0.2, 0.25) is 0 Å². The topological polar surface area (TPSA) is 34.1 Å². The summed E-state index contributed by atoms with van der Waals surface area (Å²) in [6.07, 6.45) is 0. The van der Waals surface area contributed by atoms with Crippen LogP contribution in [0.4, 0.5) is 11.5 Å². The van der Waals surface area contributed by atoms with Crippen LogP contribution in [0.25, 0.3) is 10.9 Å². The first-order valence-electron chi connectivity index (χ1n) is 6.12. The van der Waals surface area contributed by atoms with E-state index in [0.29, 0.717) is 0 Å². The molecule has 0 bridgehead atoms. The lowest BCUT2D eigenvalue weighted by Gasteiger charge is -2.08. The summed E-state index contributed by atoms with van der Waals surface area (Å²) in [5, 5.41) is 4.42. The Hall–Kier alpha value is -2.55. The van der Waals surface area contributed by atoms with Crippen LogP contribution in [0, 0.1) is 0 Å². The summed E-state index contributed by atoms with van der Waals surface area (Å²) >= 11 is 0. The van der Waals surface area contributed by atoms with Gasteiger partial charge in [0.05, 0.1) is 12.6 Å². The maximum absolute atomic E-state index is 5.20. The van der Waals surface area contributed by atoms with Crippen molar-refractivity contribution in [2.75, 3.05) is 12.4 Å². The summed E-state index contributed by atoms with van der Waals surface area (Å²) in [7, 11) is 1.66. The van der Waals surface area contributed by atoms with Crippen LogP contribution in [-0.4, -0.2) is 12.1 Å². The van der Waals surface area contributed by atoms with Crippen LogP contribution in [0.5, 0.6) is 5.75 Å². The molecule has 2 aromatic carbocycles. The second kappa shape index (κ2) is 4.98. The maximum atomic E-state index is 5.20. The molecule has 0 saturated carbocycles. The molecule has 0 saturated heterocycles. The second-order valence-electron chi connectivity index (χ2n) is 4.25. The summed E-state index contributed by atoms with van der Waals surface area (Å²) in [5.41, 5.74) is 1.94. The first kappa shape index (κ1) is 11.5. The molecule has 0 aliphatic heterocycles. The molecule has 1 heterocycles. The van der Waals surface area contributed by atoms with Gasteiger partial charge in [-0.2, -0.15) is 0 Å². The van der Waals surface area contributed by atoms with Crippen molar-refractivity contribution in [3.8, 4) is 5.75 Å². The van der Waals surface area contributed by atoms with E-state index >= 15 is 0 Å². The Kier molecular flexibility index (Phi) is 3.02. The summed E-state index contributed by atoms with van der Waals surface area (Å²) in [5.74, 6) is 1.65. The molecule has 0 aliphatic carbocycles. The zero-order valence-electron chi connectivity index (χ0n) is 10.6. The molecule has 1 N–H and O–H groups in total. The minimum Gasteiger partial charge on any atom is -0.497 e. The van der Waals surface area contributed by atoms with E-state index in [0.717, 1.165) is 28.2 Å². The molecule has 0 fully saturated rings. The standard InChI is InChI=1S/C16H14N2O/c1-19-14-7-4-6-13(11-14)17-16-10-9-12-5-2-3-8-15(12)18-16/h2-11H,1H3,(H,17,18). The van der Waals surface area contributed by atoms with Crippen molar-refractivity contribution in [3.05, 3.63) is 60.7 Å². The van der Waals surface area contributed by atoms with Gasteiger partial charge in [0.15, 0.2) is 0 Å². The van der Waals surface area contributed by atoms with E-state index in [9.17, 15) is 0 Å². The molecule has 0 spiro atoms. The Labute approximate surface area is 111 Å². The molecule has 0 aliphatic rings. The van der Waals surface area contributed by atoms with Gasteiger partial charge in [-0.25, -0.2) is 4.98 Å². The Balaban J connectivity index is 1.92. The fraction of sp³-hybridized carbons (Fsp3) is 0.0625. The summed E-state index contributed by atoms with van der Waals surface area (Å²) < 4.78 is 5.20. The molecule has 3 rings (SSSR count). The van der Waals surface area contributed by atoms with Crippen molar-refractivity contribution < 1.29 is 4.74 Å². The Morgan fingerprint density at radius 2 is 1.84 bits per heavy atom. The average Bonchev–Trinajstić information content (AvgIpc) is 2.47. The largest absolute Gasteiger partial charge is 0.497 e. The highest BCUT2D eigenvalue weighted by atomic mass is 16.5. The fourth-order valence-electron chi connectivity index (χ4n) is 1.98. The van der Waals surface area contributed by atoms with E-state index in [1.807, 2.05) is 48.5 Å². The van der Waals surface area contributed by atoms with Crippen molar-refractivity contribution >= 4 is 22.4 Å². The molecule has 3 aromatic rings. The van der Waals surface area contributed by atoms with Gasteiger partial charge in [-0.15, -0.1) is 0 Å². The van der Waals surface area contributed by atoms with Crippen LogP contribution in [0.15, 0.2) is 60.7 Å². The number of pyridine rings is 1. The van der Waals surface area contributed by atoms with Crippen LogP contribution in [0.1, 0.15) is 0 Å². The predicted octanol–water partition coefficient (Wildman–Crippen LogP) is 3.99. The molecule has 0 amide bonds. The Bertz CT molecular complexity index is 710. The zero-order chi connectivity index (χ0) is 13.1. The van der Waals surface area contributed by atoms with E-state index in [-0.39, 0.29) is 0 Å². The first-order chi connectivity index (χ1) is 9.35. The molecular weight excluding hydrogens is 236 g/mol. The smallest absolute Gasteiger partial charge is 0.131 e. The monoisotopic (exact) mass is 250 g/mol. The van der Waals surface area contributed by atoms with Gasteiger partial charge < -0.3 is 10.1 Å². The van der Waals surface area contributed by atoms with Crippen LogP contribution in [0.2, 0.25) is 0 Å². The van der Waals surface area contributed by atoms with Crippen molar-refractivity contribution in [3.63, 3.8) is 0 Å². The molecule has 0 unspecified atom stereocenters. The minimum atomic E-state index is 0.825. The van der Waals surface area contributed by atoms with Crippen LogP contribution in [-0.2, 0) is 0 Å². The average molecular weight is 250 g/mol. The number of hydrogen-bond acceptors (Lipinski definition) is 3. The molecule has 94 valence electrons. The van der Waals surface area contributed by atoms with E-state index in [1.54, 1.807) is 7.11 Å². The summed E-state index contributed by atoms with van der Waals surface area (Å²) in [4.78, 5) is 4.57. The number of fused-ring (bicyclic) bond motifs is 1. The molecular formula is C16H14N2O. The van der Waals surface area contributed by atoms with Crippen molar-refractivity contribution in [2.24, 2.45) is 0 Å². The molecule has 19 heavy (non-hydrogen) atoms. The Morgan fingerprint density at radius 1 is 0.947 bits per heavy atom. The highest BCUT2D eigenvalue weighted by Gasteiger charge is 1.99. The lowest BCUT2D eigenvalue weighted by atomic mass is 10.2. The van der Waals surface area contributed by atoms with Gasteiger partial charge in [-0.3, -0.25) is 0 Å². The fourth-order valence-corrected chi connectivity index (χ4v) is 1.98. The predicted molar refractivity (Wildman–Crippen MR) is 78.0 cm³/mol. The van der Waals surface area contributed by atoms with Gasteiger partial charge in [0, 0.05) is 17.1 Å². The van der Waals surface area contributed by atoms with E-state index < -0.39 is 0 Å². The third-order valence-corrected chi connectivity index (χ3v) is 2.94. The number of hydrogen-bond donors (Lipinski definition) is 1. The van der Waals surface area contributed by atoms with Crippen LogP contribution >= 0.6 is 0 Å². The van der Waals surface area contributed by atoms with Crippen LogP contribution < -0.4 is 10.1 Å². The quantitative estimate of drug-likeness (QED) is 0.763. The molecule has 3 heteroatoms. The third kappa shape index (κ3) is 2.50. The van der Waals surface area contributed by atoms with Gasteiger partial charge >= 0.3 is 0 Å². The number of ether oxygens (including phenoxy) is 1. The second-order valence-corrected chi connectivity index (χ2v) is 4.25. The first-order valence-corrected chi connectivity index (χ1v) is 6.12.